The summed E-state index contributed by atoms with van der Waals surface area (Å²) in [5.74, 6) is 0. The molecule has 1 aliphatic heterocycles. The van der Waals surface area contributed by atoms with Gasteiger partial charge >= 0.3 is 0 Å². The number of ether oxygens (including phenoxy) is 1. The van der Waals surface area contributed by atoms with Crippen LogP contribution < -0.4 is 0 Å². The van der Waals surface area contributed by atoms with Crippen molar-refractivity contribution < 1.29 is 4.74 Å². The zero-order valence-electron chi connectivity index (χ0n) is 14.8. The van der Waals surface area contributed by atoms with Crippen LogP contribution in [-0.2, 0) is 17.7 Å². The molecule has 0 aromatic carbocycles. The molecule has 0 bridgehead atoms. The van der Waals surface area contributed by atoms with Gasteiger partial charge in [-0.25, -0.2) is 0 Å². The van der Waals surface area contributed by atoms with Gasteiger partial charge in [0.25, 0.3) is 0 Å². The molecule has 0 saturated carbocycles. The summed E-state index contributed by atoms with van der Waals surface area (Å²) in [6.07, 6.45) is 7.45. The van der Waals surface area contributed by atoms with Crippen LogP contribution in [0.1, 0.15) is 35.8 Å². The number of likely N-dealkylation sites (tertiary alicyclic amines) is 1. The molecule has 1 atom stereocenters. The number of aryl methyl sites for hydroxylation is 2. The van der Waals surface area contributed by atoms with Crippen LogP contribution >= 0.6 is 11.3 Å². The molecule has 24 heavy (non-hydrogen) atoms. The third-order valence-corrected chi connectivity index (χ3v) is 6.04. The van der Waals surface area contributed by atoms with Crippen LogP contribution in [0.2, 0.25) is 0 Å². The van der Waals surface area contributed by atoms with Crippen LogP contribution in [0.4, 0.5) is 0 Å². The van der Waals surface area contributed by atoms with Gasteiger partial charge in [0.05, 0.1) is 6.61 Å². The molecule has 0 radical (unpaired) electrons. The van der Waals surface area contributed by atoms with E-state index in [0.29, 0.717) is 5.41 Å². The SMILES string of the molecule is CCOC[C@]1(CCc2ccsc2C)CCN(Cc2cccnc2)C1. The van der Waals surface area contributed by atoms with Crippen molar-refractivity contribution in [2.45, 2.75) is 39.7 Å². The standard InChI is InChI=1S/C20H28N2OS/c1-3-23-16-20(8-6-19-7-12-24-17(19)2)9-11-22(15-20)14-18-5-4-10-21-13-18/h4-5,7,10,12-13H,3,6,8-9,11,14-16H2,1-2H3/t20-/m1/s1. The van der Waals surface area contributed by atoms with E-state index in [1.165, 1.54) is 35.3 Å². The van der Waals surface area contributed by atoms with Gasteiger partial charge in [-0.2, -0.15) is 0 Å². The fraction of sp³-hybridized carbons (Fsp3) is 0.550. The lowest BCUT2D eigenvalue weighted by molar-refractivity contribution is 0.0489. The maximum absolute atomic E-state index is 5.88. The molecule has 1 fully saturated rings. The molecule has 0 amide bonds. The third kappa shape index (κ3) is 4.44. The van der Waals surface area contributed by atoms with Crippen molar-refractivity contribution >= 4 is 11.3 Å². The maximum Gasteiger partial charge on any atom is 0.0535 e. The monoisotopic (exact) mass is 344 g/mol. The Balaban J connectivity index is 1.62. The van der Waals surface area contributed by atoms with Gasteiger partial charge in [-0.1, -0.05) is 6.07 Å². The van der Waals surface area contributed by atoms with Crippen LogP contribution in [0.25, 0.3) is 0 Å². The fourth-order valence-electron chi connectivity index (χ4n) is 3.70. The quantitative estimate of drug-likeness (QED) is 0.713. The second-order valence-electron chi connectivity index (χ2n) is 6.96. The van der Waals surface area contributed by atoms with Gasteiger partial charge in [0, 0.05) is 42.4 Å². The zero-order valence-corrected chi connectivity index (χ0v) is 15.6. The first-order valence-electron chi connectivity index (χ1n) is 8.93. The summed E-state index contributed by atoms with van der Waals surface area (Å²) >= 11 is 1.86. The van der Waals surface area contributed by atoms with Gasteiger partial charge in [-0.15, -0.1) is 11.3 Å². The first-order valence-corrected chi connectivity index (χ1v) is 9.81. The first-order chi connectivity index (χ1) is 11.7. The number of nitrogens with zero attached hydrogens (tertiary/aromatic N) is 2. The number of pyridine rings is 1. The predicted molar refractivity (Wildman–Crippen MR) is 100 cm³/mol. The van der Waals surface area contributed by atoms with Crippen molar-refractivity contribution in [3.8, 4) is 0 Å². The van der Waals surface area contributed by atoms with Crippen LogP contribution in [-0.4, -0.2) is 36.2 Å². The number of hydrogen-bond acceptors (Lipinski definition) is 4. The number of rotatable bonds is 8. The summed E-state index contributed by atoms with van der Waals surface area (Å²) in [6.45, 7) is 9.31. The smallest absolute Gasteiger partial charge is 0.0535 e. The van der Waals surface area contributed by atoms with E-state index in [4.69, 9.17) is 4.74 Å². The maximum atomic E-state index is 5.88. The molecule has 3 nitrogen and oxygen atoms in total. The normalized spacial score (nSPS) is 21.4. The number of hydrogen-bond donors (Lipinski definition) is 0. The minimum absolute atomic E-state index is 0.298. The van der Waals surface area contributed by atoms with Crippen LogP contribution in [0.3, 0.4) is 0 Å². The van der Waals surface area contributed by atoms with E-state index in [2.05, 4.69) is 41.2 Å². The molecule has 0 unspecified atom stereocenters. The van der Waals surface area contributed by atoms with Gasteiger partial charge < -0.3 is 4.74 Å². The molecular formula is C20H28N2OS. The topological polar surface area (TPSA) is 25.4 Å². The van der Waals surface area contributed by atoms with Crippen LogP contribution in [0, 0.1) is 12.3 Å². The number of thiophene rings is 1. The Morgan fingerprint density at radius 3 is 3.00 bits per heavy atom. The van der Waals surface area contributed by atoms with Crippen molar-refractivity contribution in [1.29, 1.82) is 0 Å². The van der Waals surface area contributed by atoms with Gasteiger partial charge in [0.15, 0.2) is 0 Å². The second kappa shape index (κ2) is 8.24. The highest BCUT2D eigenvalue weighted by Crippen LogP contribution is 2.37. The van der Waals surface area contributed by atoms with Crippen LogP contribution in [0.15, 0.2) is 36.0 Å². The Kier molecular flexibility index (Phi) is 6.04. The molecule has 4 heteroatoms. The molecule has 0 N–H and O–H groups in total. The average Bonchev–Trinajstić information content (AvgIpc) is 3.19. The van der Waals surface area contributed by atoms with E-state index in [0.717, 1.165) is 32.8 Å². The lowest BCUT2D eigenvalue weighted by Gasteiger charge is -2.29. The van der Waals surface area contributed by atoms with Gasteiger partial charge in [-0.3, -0.25) is 9.88 Å². The lowest BCUT2D eigenvalue weighted by Crippen LogP contribution is -2.32. The summed E-state index contributed by atoms with van der Waals surface area (Å²) in [4.78, 5) is 8.27. The Hall–Kier alpha value is -1.23. The second-order valence-corrected chi connectivity index (χ2v) is 8.08. The van der Waals surface area contributed by atoms with E-state index in [1.807, 2.05) is 29.8 Å². The summed E-state index contributed by atoms with van der Waals surface area (Å²) in [7, 11) is 0. The molecule has 1 saturated heterocycles. The average molecular weight is 345 g/mol. The molecule has 130 valence electrons. The lowest BCUT2D eigenvalue weighted by atomic mass is 9.82. The molecular weight excluding hydrogens is 316 g/mol. The Morgan fingerprint density at radius 2 is 2.29 bits per heavy atom. The van der Waals surface area contributed by atoms with Gasteiger partial charge in [0.1, 0.15) is 0 Å². The van der Waals surface area contributed by atoms with Crippen molar-refractivity contribution in [3.63, 3.8) is 0 Å². The molecule has 0 spiro atoms. The van der Waals surface area contributed by atoms with Gasteiger partial charge in [-0.05, 0) is 68.3 Å². The Bertz CT molecular complexity index is 628. The molecule has 0 aliphatic carbocycles. The Labute approximate surface area is 149 Å². The van der Waals surface area contributed by atoms with E-state index in [-0.39, 0.29) is 0 Å². The third-order valence-electron chi connectivity index (χ3n) is 5.15. The zero-order chi connectivity index (χ0) is 16.8. The van der Waals surface area contributed by atoms with E-state index in [9.17, 15) is 0 Å². The minimum atomic E-state index is 0.298. The van der Waals surface area contributed by atoms with E-state index < -0.39 is 0 Å². The molecule has 3 heterocycles. The van der Waals surface area contributed by atoms with Crippen molar-refractivity contribution in [3.05, 3.63) is 52.0 Å². The summed E-state index contributed by atoms with van der Waals surface area (Å²) in [5.41, 5.74) is 3.12. The van der Waals surface area contributed by atoms with E-state index in [1.54, 1.807) is 0 Å². The Morgan fingerprint density at radius 1 is 1.38 bits per heavy atom. The molecule has 3 rings (SSSR count). The van der Waals surface area contributed by atoms with Crippen molar-refractivity contribution in [2.75, 3.05) is 26.3 Å². The highest BCUT2D eigenvalue weighted by atomic mass is 32.1. The van der Waals surface area contributed by atoms with Crippen molar-refractivity contribution in [2.24, 2.45) is 5.41 Å². The van der Waals surface area contributed by atoms with Crippen LogP contribution in [0.5, 0.6) is 0 Å². The molecule has 1 aliphatic rings. The summed E-state index contributed by atoms with van der Waals surface area (Å²) in [5, 5.41) is 2.21. The predicted octanol–water partition coefficient (Wildman–Crippen LogP) is 4.31. The van der Waals surface area contributed by atoms with Crippen molar-refractivity contribution in [1.82, 2.24) is 9.88 Å². The molecule has 2 aromatic rings. The highest BCUT2D eigenvalue weighted by molar-refractivity contribution is 7.10. The first kappa shape index (κ1) is 17.6. The highest BCUT2D eigenvalue weighted by Gasteiger charge is 2.38. The van der Waals surface area contributed by atoms with E-state index >= 15 is 0 Å². The summed E-state index contributed by atoms with van der Waals surface area (Å²) in [6, 6.07) is 6.49. The number of aromatic nitrogens is 1. The van der Waals surface area contributed by atoms with Gasteiger partial charge in [0.2, 0.25) is 0 Å². The fourth-order valence-corrected chi connectivity index (χ4v) is 4.45. The minimum Gasteiger partial charge on any atom is -0.381 e. The molecule has 2 aromatic heterocycles. The largest absolute Gasteiger partial charge is 0.381 e. The summed E-state index contributed by atoms with van der Waals surface area (Å²) < 4.78 is 5.88.